The second-order valence-electron chi connectivity index (χ2n) is 3.60. The van der Waals surface area contributed by atoms with Gasteiger partial charge in [0.15, 0.2) is 0 Å². The molecule has 0 aromatic carbocycles. The monoisotopic (exact) mass is 206 g/mol. The zero-order valence-corrected chi connectivity index (χ0v) is 8.36. The first-order valence-corrected chi connectivity index (χ1v) is 5.01. The third kappa shape index (κ3) is 2.37. The quantitative estimate of drug-likeness (QED) is 0.652. The fourth-order valence-electron chi connectivity index (χ4n) is 1.61. The second-order valence-corrected chi connectivity index (χ2v) is 3.60. The van der Waals surface area contributed by atoms with Crippen LogP contribution in [0.4, 0.5) is 11.5 Å². The third-order valence-corrected chi connectivity index (χ3v) is 2.39. The van der Waals surface area contributed by atoms with Crippen LogP contribution in [0.3, 0.4) is 0 Å². The van der Waals surface area contributed by atoms with Crippen LogP contribution in [-0.4, -0.2) is 23.5 Å². The molecule has 1 amide bonds. The molecule has 1 aliphatic rings. The molecular weight excluding hydrogens is 192 g/mol. The molecule has 0 bridgehead atoms. The Morgan fingerprint density at radius 3 is 3.20 bits per heavy atom. The van der Waals surface area contributed by atoms with Gasteiger partial charge in [-0.25, -0.2) is 4.98 Å². The number of hydrogen-bond acceptors (Lipinski definition) is 4. The smallest absolute Gasteiger partial charge is 0.242 e. The lowest BCUT2D eigenvalue weighted by Crippen LogP contribution is -2.44. The first kappa shape index (κ1) is 9.76. The highest BCUT2D eigenvalue weighted by atomic mass is 16.2. The lowest BCUT2D eigenvalue weighted by atomic mass is 10.1. The molecule has 1 saturated heterocycles. The van der Waals surface area contributed by atoms with Crippen molar-refractivity contribution in [2.45, 2.75) is 18.9 Å². The number of nitrogen functional groups attached to an aromatic ring is 1. The van der Waals surface area contributed by atoms with Crippen molar-refractivity contribution in [1.82, 2.24) is 10.3 Å². The summed E-state index contributed by atoms with van der Waals surface area (Å²) in [6.45, 7) is 0.765. The number of piperidine rings is 1. The van der Waals surface area contributed by atoms with Gasteiger partial charge in [0.1, 0.15) is 11.9 Å². The van der Waals surface area contributed by atoms with Crippen LogP contribution in [0.15, 0.2) is 18.3 Å². The Morgan fingerprint density at radius 2 is 2.47 bits per heavy atom. The van der Waals surface area contributed by atoms with Crippen LogP contribution in [0.2, 0.25) is 0 Å². The van der Waals surface area contributed by atoms with Gasteiger partial charge < -0.3 is 16.4 Å². The van der Waals surface area contributed by atoms with E-state index in [0.717, 1.165) is 19.4 Å². The van der Waals surface area contributed by atoms with Crippen LogP contribution in [0.1, 0.15) is 12.8 Å². The first-order chi connectivity index (χ1) is 7.25. The summed E-state index contributed by atoms with van der Waals surface area (Å²) in [6.07, 6.45) is 3.45. The van der Waals surface area contributed by atoms with Gasteiger partial charge in [-0.15, -0.1) is 0 Å². The van der Waals surface area contributed by atoms with Gasteiger partial charge in [-0.3, -0.25) is 4.79 Å². The third-order valence-electron chi connectivity index (χ3n) is 2.39. The average molecular weight is 206 g/mol. The van der Waals surface area contributed by atoms with E-state index in [4.69, 9.17) is 5.73 Å². The minimum Gasteiger partial charge on any atom is -0.399 e. The van der Waals surface area contributed by atoms with E-state index in [1.54, 1.807) is 18.3 Å². The van der Waals surface area contributed by atoms with Crippen LogP contribution in [0, 0.1) is 0 Å². The topological polar surface area (TPSA) is 80.0 Å². The molecule has 15 heavy (non-hydrogen) atoms. The van der Waals surface area contributed by atoms with Gasteiger partial charge in [0, 0.05) is 24.5 Å². The van der Waals surface area contributed by atoms with E-state index in [9.17, 15) is 4.79 Å². The molecule has 0 spiro atoms. The molecule has 0 saturated carbocycles. The lowest BCUT2D eigenvalue weighted by molar-refractivity contribution is -0.123. The van der Waals surface area contributed by atoms with E-state index >= 15 is 0 Å². The molecule has 1 fully saturated rings. The van der Waals surface area contributed by atoms with E-state index in [0.29, 0.717) is 11.5 Å². The zero-order valence-electron chi connectivity index (χ0n) is 8.36. The van der Waals surface area contributed by atoms with Gasteiger partial charge >= 0.3 is 0 Å². The Bertz CT molecular complexity index is 366. The van der Waals surface area contributed by atoms with Crippen molar-refractivity contribution in [3.63, 3.8) is 0 Å². The predicted octanol–water partition coefficient (Wildman–Crippen LogP) is 0.354. The van der Waals surface area contributed by atoms with Crippen molar-refractivity contribution in [2.75, 3.05) is 17.6 Å². The van der Waals surface area contributed by atoms with Crippen LogP contribution in [-0.2, 0) is 4.79 Å². The van der Waals surface area contributed by atoms with Crippen molar-refractivity contribution in [1.29, 1.82) is 0 Å². The average Bonchev–Trinajstić information content (AvgIpc) is 2.22. The minimum atomic E-state index is -0.187. The van der Waals surface area contributed by atoms with E-state index in [1.165, 1.54) is 0 Å². The highest BCUT2D eigenvalue weighted by Crippen LogP contribution is 2.13. The second kappa shape index (κ2) is 4.16. The van der Waals surface area contributed by atoms with Crippen molar-refractivity contribution in [2.24, 2.45) is 0 Å². The summed E-state index contributed by atoms with van der Waals surface area (Å²) >= 11 is 0. The number of aromatic nitrogens is 1. The van der Waals surface area contributed by atoms with Crippen molar-refractivity contribution >= 4 is 17.4 Å². The Hall–Kier alpha value is -1.78. The highest BCUT2D eigenvalue weighted by molar-refractivity contribution is 5.85. The Kier molecular flexibility index (Phi) is 2.71. The normalized spacial score (nSPS) is 20.8. The minimum absolute atomic E-state index is 0.0328. The molecule has 1 atom stereocenters. The number of nitrogens with zero attached hydrogens (tertiary/aromatic N) is 1. The molecule has 80 valence electrons. The van der Waals surface area contributed by atoms with Gasteiger partial charge in [0.25, 0.3) is 0 Å². The Balaban J connectivity index is 2.04. The van der Waals surface area contributed by atoms with Crippen LogP contribution in [0.5, 0.6) is 0 Å². The largest absolute Gasteiger partial charge is 0.399 e. The van der Waals surface area contributed by atoms with E-state index in [-0.39, 0.29) is 11.9 Å². The SMILES string of the molecule is Nc1ccnc(NC2CCCNC2=O)c1. The summed E-state index contributed by atoms with van der Waals surface area (Å²) in [4.78, 5) is 15.5. The standard InChI is InChI=1S/C10H14N4O/c11-7-3-5-12-9(6-7)14-8-2-1-4-13-10(8)15/h3,5-6,8H,1-2,4H2,(H,13,15)(H3,11,12,14). The maximum atomic E-state index is 11.5. The van der Waals surface area contributed by atoms with Gasteiger partial charge in [0.05, 0.1) is 0 Å². The fourth-order valence-corrected chi connectivity index (χ4v) is 1.61. The number of amides is 1. The van der Waals surface area contributed by atoms with Gasteiger partial charge in [-0.1, -0.05) is 0 Å². The zero-order chi connectivity index (χ0) is 10.7. The molecule has 2 rings (SSSR count). The highest BCUT2D eigenvalue weighted by Gasteiger charge is 2.21. The number of nitrogens with two attached hydrogens (primary N) is 1. The molecule has 5 nitrogen and oxygen atoms in total. The number of hydrogen-bond donors (Lipinski definition) is 3. The molecule has 1 aromatic heterocycles. The molecular formula is C10H14N4O. The van der Waals surface area contributed by atoms with Crippen LogP contribution < -0.4 is 16.4 Å². The van der Waals surface area contributed by atoms with Crippen molar-refractivity contribution in [3.8, 4) is 0 Å². The van der Waals surface area contributed by atoms with E-state index in [2.05, 4.69) is 15.6 Å². The summed E-state index contributed by atoms with van der Waals surface area (Å²) in [5.41, 5.74) is 6.26. The van der Waals surface area contributed by atoms with Gasteiger partial charge in [0.2, 0.25) is 5.91 Å². The number of nitrogens with one attached hydrogen (secondary N) is 2. The molecule has 4 N–H and O–H groups in total. The lowest BCUT2D eigenvalue weighted by Gasteiger charge is -2.23. The first-order valence-electron chi connectivity index (χ1n) is 5.01. The van der Waals surface area contributed by atoms with Crippen LogP contribution >= 0.6 is 0 Å². The summed E-state index contributed by atoms with van der Waals surface area (Å²) in [7, 11) is 0. The molecule has 5 heteroatoms. The number of pyridine rings is 1. The summed E-state index contributed by atoms with van der Waals surface area (Å²) in [6, 6.07) is 3.25. The van der Waals surface area contributed by atoms with E-state index < -0.39 is 0 Å². The molecule has 1 unspecified atom stereocenters. The summed E-state index contributed by atoms with van der Waals surface area (Å²) in [5, 5.41) is 5.87. The molecule has 0 radical (unpaired) electrons. The molecule has 2 heterocycles. The number of carbonyl (C=O) groups excluding carboxylic acids is 1. The van der Waals surface area contributed by atoms with Gasteiger partial charge in [-0.2, -0.15) is 0 Å². The van der Waals surface area contributed by atoms with Gasteiger partial charge in [-0.05, 0) is 18.9 Å². The summed E-state index contributed by atoms with van der Waals surface area (Å²) < 4.78 is 0. The summed E-state index contributed by atoms with van der Waals surface area (Å²) in [5.74, 6) is 0.683. The van der Waals surface area contributed by atoms with Crippen molar-refractivity contribution < 1.29 is 4.79 Å². The maximum absolute atomic E-state index is 11.5. The number of carbonyl (C=O) groups is 1. The number of rotatable bonds is 2. The fraction of sp³-hybridized carbons (Fsp3) is 0.400. The van der Waals surface area contributed by atoms with Crippen LogP contribution in [0.25, 0.3) is 0 Å². The van der Waals surface area contributed by atoms with E-state index in [1.807, 2.05) is 0 Å². The van der Waals surface area contributed by atoms with Crippen molar-refractivity contribution in [3.05, 3.63) is 18.3 Å². The Labute approximate surface area is 88.1 Å². The predicted molar refractivity (Wildman–Crippen MR) is 58.3 cm³/mol. The Morgan fingerprint density at radius 1 is 1.60 bits per heavy atom. The number of anilines is 2. The molecule has 1 aromatic rings. The molecule has 1 aliphatic heterocycles. The molecule has 0 aliphatic carbocycles. The maximum Gasteiger partial charge on any atom is 0.242 e.